The van der Waals surface area contributed by atoms with Crippen molar-refractivity contribution in [1.82, 2.24) is 0 Å². The lowest BCUT2D eigenvalue weighted by molar-refractivity contribution is 0.0975. The molecule has 2 nitrogen and oxygen atoms in total. The minimum absolute atomic E-state index is 0.215. The van der Waals surface area contributed by atoms with Crippen LogP contribution in [0, 0.1) is 5.92 Å². The Morgan fingerprint density at radius 2 is 2.00 bits per heavy atom. The number of hydrogen-bond acceptors (Lipinski definition) is 2. The fourth-order valence-corrected chi connectivity index (χ4v) is 2.82. The molecule has 0 atom stereocenters. The molecule has 0 fully saturated rings. The highest BCUT2D eigenvalue weighted by Gasteiger charge is 2.10. The predicted octanol–water partition coefficient (Wildman–Crippen LogP) is 5.23. The maximum atomic E-state index is 12.2. The molecule has 2 aromatic rings. The monoisotopic (exact) mass is 334 g/mol. The molecule has 0 aliphatic heterocycles. The Bertz CT molecular complexity index is 632. The molecule has 0 amide bonds. The van der Waals surface area contributed by atoms with Crippen LogP contribution in [0.4, 0.5) is 0 Å². The van der Waals surface area contributed by atoms with Crippen LogP contribution in [0.3, 0.4) is 0 Å². The number of carbonyl (C=O) groups excluding carboxylic acids is 1. The van der Waals surface area contributed by atoms with Crippen LogP contribution >= 0.6 is 15.9 Å². The summed E-state index contributed by atoms with van der Waals surface area (Å²) in [5, 5.41) is 2.11. The first-order valence-corrected chi connectivity index (χ1v) is 7.61. The molecule has 0 aromatic heterocycles. The number of rotatable bonds is 5. The fraction of sp³-hybridized carbons (Fsp3) is 0.353. The molecule has 2 rings (SSSR count). The van der Waals surface area contributed by atoms with E-state index < -0.39 is 0 Å². The number of ketones is 1. The second-order valence-electron chi connectivity index (χ2n) is 5.37. The molecular formula is C17H19BrO2. The van der Waals surface area contributed by atoms with Crippen LogP contribution in [0.2, 0.25) is 0 Å². The van der Waals surface area contributed by atoms with E-state index in [0.717, 1.165) is 33.0 Å². The van der Waals surface area contributed by atoms with Gasteiger partial charge in [0.05, 0.1) is 11.6 Å². The Hall–Kier alpha value is -1.35. The van der Waals surface area contributed by atoms with Gasteiger partial charge in [0.15, 0.2) is 5.78 Å². The first-order chi connectivity index (χ1) is 9.52. The quantitative estimate of drug-likeness (QED) is 0.700. The van der Waals surface area contributed by atoms with E-state index in [1.54, 1.807) is 7.11 Å². The zero-order chi connectivity index (χ0) is 14.7. The maximum Gasteiger partial charge on any atom is 0.162 e. The van der Waals surface area contributed by atoms with Gasteiger partial charge in [-0.25, -0.2) is 0 Å². The standard InChI is InChI=1S/C17H19BrO2/c1-11(2)4-8-15(19)13-5-7-14-12(10-13)6-9-16(20-3)17(14)18/h5-7,9-11H,4,8H2,1-3H3. The van der Waals surface area contributed by atoms with Crippen LogP contribution in [0.1, 0.15) is 37.0 Å². The van der Waals surface area contributed by atoms with E-state index in [0.29, 0.717) is 12.3 Å². The molecule has 2 aromatic carbocycles. The highest BCUT2D eigenvalue weighted by Crippen LogP contribution is 2.33. The lowest BCUT2D eigenvalue weighted by Gasteiger charge is -2.09. The molecule has 20 heavy (non-hydrogen) atoms. The summed E-state index contributed by atoms with van der Waals surface area (Å²) >= 11 is 3.54. The number of benzene rings is 2. The van der Waals surface area contributed by atoms with E-state index in [9.17, 15) is 4.79 Å². The number of halogens is 1. The highest BCUT2D eigenvalue weighted by atomic mass is 79.9. The van der Waals surface area contributed by atoms with Crippen LogP contribution in [0.15, 0.2) is 34.8 Å². The Labute approximate surface area is 128 Å². The topological polar surface area (TPSA) is 26.3 Å². The molecular weight excluding hydrogens is 316 g/mol. The van der Waals surface area contributed by atoms with Crippen molar-refractivity contribution in [2.75, 3.05) is 7.11 Å². The van der Waals surface area contributed by atoms with Gasteiger partial charge in [-0.3, -0.25) is 4.79 Å². The van der Waals surface area contributed by atoms with Crippen molar-refractivity contribution in [1.29, 1.82) is 0 Å². The summed E-state index contributed by atoms with van der Waals surface area (Å²) in [6.45, 7) is 4.27. The maximum absolute atomic E-state index is 12.2. The van der Waals surface area contributed by atoms with Crippen molar-refractivity contribution in [2.24, 2.45) is 5.92 Å². The van der Waals surface area contributed by atoms with E-state index in [2.05, 4.69) is 29.8 Å². The van der Waals surface area contributed by atoms with Crippen LogP contribution in [0.25, 0.3) is 10.8 Å². The van der Waals surface area contributed by atoms with Gasteiger partial charge >= 0.3 is 0 Å². The summed E-state index contributed by atoms with van der Waals surface area (Å²) in [7, 11) is 1.65. The third kappa shape index (κ3) is 3.21. The van der Waals surface area contributed by atoms with E-state index in [1.165, 1.54) is 0 Å². The van der Waals surface area contributed by atoms with Crippen molar-refractivity contribution < 1.29 is 9.53 Å². The molecule has 3 heteroatoms. The predicted molar refractivity (Wildman–Crippen MR) is 86.6 cm³/mol. The van der Waals surface area contributed by atoms with E-state index >= 15 is 0 Å². The van der Waals surface area contributed by atoms with Crippen LogP contribution < -0.4 is 4.74 Å². The first kappa shape index (κ1) is 15.0. The lowest BCUT2D eigenvalue weighted by atomic mass is 9.99. The van der Waals surface area contributed by atoms with Gasteiger partial charge in [0, 0.05) is 12.0 Å². The van der Waals surface area contributed by atoms with Crippen molar-refractivity contribution in [3.05, 3.63) is 40.4 Å². The number of Topliss-reactive ketones (excluding diaryl/α,β-unsaturated/α-hetero) is 1. The van der Waals surface area contributed by atoms with Gasteiger partial charge < -0.3 is 4.74 Å². The van der Waals surface area contributed by atoms with Gasteiger partial charge in [-0.1, -0.05) is 32.0 Å². The summed E-state index contributed by atoms with van der Waals surface area (Å²) in [5.74, 6) is 1.57. The summed E-state index contributed by atoms with van der Waals surface area (Å²) in [5.41, 5.74) is 0.787. The number of methoxy groups -OCH3 is 1. The smallest absolute Gasteiger partial charge is 0.162 e. The summed E-state index contributed by atoms with van der Waals surface area (Å²) in [6, 6.07) is 9.73. The van der Waals surface area contributed by atoms with Gasteiger partial charge in [0.1, 0.15) is 5.75 Å². The van der Waals surface area contributed by atoms with Crippen molar-refractivity contribution >= 4 is 32.5 Å². The van der Waals surface area contributed by atoms with Gasteiger partial charge in [0.25, 0.3) is 0 Å². The largest absolute Gasteiger partial charge is 0.496 e. The Kier molecular flexibility index (Phi) is 4.81. The first-order valence-electron chi connectivity index (χ1n) is 6.82. The van der Waals surface area contributed by atoms with Crippen molar-refractivity contribution in [2.45, 2.75) is 26.7 Å². The van der Waals surface area contributed by atoms with Crippen LogP contribution in [-0.2, 0) is 0 Å². The van der Waals surface area contributed by atoms with E-state index in [-0.39, 0.29) is 5.78 Å². The minimum Gasteiger partial charge on any atom is -0.496 e. The molecule has 0 unspecified atom stereocenters. The second-order valence-corrected chi connectivity index (χ2v) is 6.17. The zero-order valence-electron chi connectivity index (χ0n) is 12.1. The molecule has 0 saturated heterocycles. The number of carbonyl (C=O) groups is 1. The van der Waals surface area contributed by atoms with E-state index in [1.807, 2.05) is 30.3 Å². The molecule has 0 radical (unpaired) electrons. The summed E-state index contributed by atoms with van der Waals surface area (Å²) in [4.78, 5) is 12.2. The molecule has 0 heterocycles. The Balaban J connectivity index is 2.32. The number of ether oxygens (including phenoxy) is 1. The number of fused-ring (bicyclic) bond motifs is 1. The molecule has 0 bridgehead atoms. The minimum atomic E-state index is 0.215. The third-order valence-corrected chi connectivity index (χ3v) is 4.23. The number of hydrogen-bond donors (Lipinski definition) is 0. The fourth-order valence-electron chi connectivity index (χ4n) is 2.17. The second kappa shape index (κ2) is 6.40. The average Bonchev–Trinajstić information content (AvgIpc) is 2.44. The van der Waals surface area contributed by atoms with Crippen LogP contribution in [-0.4, -0.2) is 12.9 Å². The van der Waals surface area contributed by atoms with Crippen molar-refractivity contribution in [3.8, 4) is 5.75 Å². The highest BCUT2D eigenvalue weighted by molar-refractivity contribution is 9.10. The lowest BCUT2D eigenvalue weighted by Crippen LogP contribution is -2.01. The third-order valence-electron chi connectivity index (χ3n) is 3.41. The zero-order valence-corrected chi connectivity index (χ0v) is 13.7. The molecule has 0 N–H and O–H groups in total. The van der Waals surface area contributed by atoms with Crippen molar-refractivity contribution in [3.63, 3.8) is 0 Å². The van der Waals surface area contributed by atoms with Gasteiger partial charge in [0.2, 0.25) is 0 Å². The molecule has 0 saturated carbocycles. The average molecular weight is 335 g/mol. The molecule has 0 spiro atoms. The van der Waals surface area contributed by atoms with Gasteiger partial charge in [-0.05, 0) is 51.2 Å². The van der Waals surface area contributed by atoms with Crippen LogP contribution in [0.5, 0.6) is 5.75 Å². The van der Waals surface area contributed by atoms with Gasteiger partial charge in [-0.15, -0.1) is 0 Å². The summed E-state index contributed by atoms with van der Waals surface area (Å²) in [6.07, 6.45) is 1.55. The normalized spacial score (nSPS) is 11.1. The Morgan fingerprint density at radius 1 is 1.25 bits per heavy atom. The molecule has 0 aliphatic rings. The SMILES string of the molecule is COc1ccc2cc(C(=O)CCC(C)C)ccc2c1Br. The van der Waals surface area contributed by atoms with Gasteiger partial charge in [-0.2, -0.15) is 0 Å². The summed E-state index contributed by atoms with van der Waals surface area (Å²) < 4.78 is 6.21. The molecule has 106 valence electrons. The Morgan fingerprint density at radius 3 is 2.65 bits per heavy atom. The van der Waals surface area contributed by atoms with E-state index in [4.69, 9.17) is 4.74 Å². The molecule has 0 aliphatic carbocycles.